The van der Waals surface area contributed by atoms with Crippen LogP contribution in [0.25, 0.3) is 0 Å². The zero-order valence-electron chi connectivity index (χ0n) is 21.2. The van der Waals surface area contributed by atoms with Gasteiger partial charge >= 0.3 is 5.97 Å². The first kappa shape index (κ1) is 24.5. The first-order valence-corrected chi connectivity index (χ1v) is 13.7. The molecule has 4 aliphatic carbocycles. The number of fused-ring (bicyclic) bond motifs is 5. The van der Waals surface area contributed by atoms with Crippen LogP contribution in [0.2, 0.25) is 0 Å². The van der Waals surface area contributed by atoms with E-state index in [1.165, 1.54) is 58.3 Å². The summed E-state index contributed by atoms with van der Waals surface area (Å²) in [5.74, 6) is 3.65. The second-order valence-electron chi connectivity index (χ2n) is 12.6. The van der Waals surface area contributed by atoms with Gasteiger partial charge in [-0.05, 0) is 97.2 Å². The van der Waals surface area contributed by atoms with Gasteiger partial charge in [0.05, 0.1) is 6.10 Å². The Labute approximate surface area is 195 Å². The summed E-state index contributed by atoms with van der Waals surface area (Å²) in [6.45, 7) is 11.1. The number of aliphatic hydroxyl groups excluding tert-OH is 2. The quantitative estimate of drug-likeness (QED) is 0.390. The summed E-state index contributed by atoms with van der Waals surface area (Å²) in [6, 6.07) is 0. The van der Waals surface area contributed by atoms with Crippen LogP contribution in [0.1, 0.15) is 105 Å². The van der Waals surface area contributed by atoms with E-state index in [4.69, 9.17) is 4.74 Å². The van der Waals surface area contributed by atoms with Gasteiger partial charge < -0.3 is 14.9 Å². The Hall–Kier alpha value is -0.610. The lowest BCUT2D eigenvalue weighted by Crippen LogP contribution is -2.61. The average molecular weight is 449 g/mol. The van der Waals surface area contributed by atoms with Crippen molar-refractivity contribution in [2.75, 3.05) is 0 Å². The number of rotatable bonds is 6. The predicted molar refractivity (Wildman–Crippen MR) is 127 cm³/mol. The van der Waals surface area contributed by atoms with Crippen molar-refractivity contribution in [1.82, 2.24) is 0 Å². The van der Waals surface area contributed by atoms with Crippen molar-refractivity contribution in [3.05, 3.63) is 0 Å². The zero-order valence-corrected chi connectivity index (χ0v) is 21.2. The maximum absolute atomic E-state index is 11.8. The molecule has 0 aromatic carbocycles. The number of hydrogen-bond donors (Lipinski definition) is 2. The second kappa shape index (κ2) is 9.21. The lowest BCUT2D eigenvalue weighted by Gasteiger charge is -2.64. The number of ether oxygens (including phenoxy) is 1. The standard InChI is InChI=1S/C28H48O4/c1-6-19-21-9-7-8-15-27(21,4)23-14-16-28(5)20(11-12-22(28)25(23)26(19)31)17(2)10-13-24(30)32-18(3)29/h17,19-26,30-31H,6-16H2,1-5H3/t17-,19-,20-,21+,22+,23+,24?,25+,26-,27+,28-/m1/s1. The molecule has 1 unspecified atom stereocenters. The van der Waals surface area contributed by atoms with E-state index in [1.807, 2.05) is 0 Å². The van der Waals surface area contributed by atoms with Crippen molar-refractivity contribution >= 4 is 5.97 Å². The number of carbonyl (C=O) groups excluding carboxylic acids is 1. The third-order valence-electron chi connectivity index (χ3n) is 11.3. The Morgan fingerprint density at radius 1 is 1.00 bits per heavy atom. The molecule has 4 nitrogen and oxygen atoms in total. The van der Waals surface area contributed by atoms with E-state index in [9.17, 15) is 15.0 Å². The summed E-state index contributed by atoms with van der Waals surface area (Å²) in [6.07, 6.45) is 11.8. The smallest absolute Gasteiger partial charge is 0.304 e. The molecule has 0 aromatic rings. The van der Waals surface area contributed by atoms with Crippen LogP contribution in [0.5, 0.6) is 0 Å². The first-order chi connectivity index (χ1) is 15.1. The highest BCUT2D eigenvalue weighted by atomic mass is 16.6. The Bertz CT molecular complexity index is 678. The molecule has 0 heterocycles. The molecule has 2 N–H and O–H groups in total. The van der Waals surface area contributed by atoms with Crippen LogP contribution in [0, 0.1) is 52.3 Å². The summed E-state index contributed by atoms with van der Waals surface area (Å²) < 4.78 is 4.95. The first-order valence-electron chi connectivity index (χ1n) is 13.7. The summed E-state index contributed by atoms with van der Waals surface area (Å²) in [5.41, 5.74) is 0.700. The van der Waals surface area contributed by atoms with Gasteiger partial charge in [0.15, 0.2) is 0 Å². The van der Waals surface area contributed by atoms with Gasteiger partial charge in [-0.1, -0.05) is 47.0 Å². The monoisotopic (exact) mass is 448 g/mol. The maximum Gasteiger partial charge on any atom is 0.304 e. The Morgan fingerprint density at radius 2 is 1.72 bits per heavy atom. The summed E-state index contributed by atoms with van der Waals surface area (Å²) in [5, 5.41) is 21.8. The van der Waals surface area contributed by atoms with Gasteiger partial charge in [0, 0.05) is 13.3 Å². The predicted octanol–water partition coefficient (Wildman–Crippen LogP) is 5.94. The molecule has 0 saturated heterocycles. The largest absolute Gasteiger partial charge is 0.436 e. The Kier molecular flexibility index (Phi) is 7.05. The lowest BCUT2D eigenvalue weighted by atomic mass is 9.41. The number of carbonyl (C=O) groups is 1. The number of hydrogen-bond acceptors (Lipinski definition) is 4. The van der Waals surface area contributed by atoms with Crippen LogP contribution in [0.3, 0.4) is 0 Å². The van der Waals surface area contributed by atoms with Gasteiger partial charge in [0.25, 0.3) is 0 Å². The molecule has 0 amide bonds. The fraction of sp³-hybridized carbons (Fsp3) is 0.964. The topological polar surface area (TPSA) is 66.8 Å². The van der Waals surface area contributed by atoms with Crippen molar-refractivity contribution in [2.45, 2.75) is 118 Å². The molecule has 4 rings (SSSR count). The van der Waals surface area contributed by atoms with Crippen molar-refractivity contribution < 1.29 is 19.7 Å². The Morgan fingerprint density at radius 3 is 2.41 bits per heavy atom. The molecule has 0 aromatic heterocycles. The van der Waals surface area contributed by atoms with Gasteiger partial charge in [-0.15, -0.1) is 0 Å². The highest BCUT2D eigenvalue weighted by Crippen LogP contribution is 2.69. The van der Waals surface area contributed by atoms with E-state index in [0.717, 1.165) is 12.8 Å². The van der Waals surface area contributed by atoms with Crippen LogP contribution >= 0.6 is 0 Å². The molecule has 0 spiro atoms. The van der Waals surface area contributed by atoms with Crippen LogP contribution in [0.15, 0.2) is 0 Å². The van der Waals surface area contributed by atoms with E-state index in [0.29, 0.717) is 53.3 Å². The maximum atomic E-state index is 11.8. The number of esters is 1. The third kappa shape index (κ3) is 3.96. The Balaban J connectivity index is 1.52. The molecule has 11 atom stereocenters. The summed E-state index contributed by atoms with van der Waals surface area (Å²) >= 11 is 0. The van der Waals surface area contributed by atoms with Crippen molar-refractivity contribution in [2.24, 2.45) is 52.3 Å². The van der Waals surface area contributed by atoms with E-state index >= 15 is 0 Å². The van der Waals surface area contributed by atoms with Gasteiger partial charge in [-0.2, -0.15) is 0 Å². The number of aliphatic hydroxyl groups is 2. The summed E-state index contributed by atoms with van der Waals surface area (Å²) in [7, 11) is 0. The second-order valence-corrected chi connectivity index (χ2v) is 12.6. The van der Waals surface area contributed by atoms with Gasteiger partial charge in [0.2, 0.25) is 6.29 Å². The molecule has 32 heavy (non-hydrogen) atoms. The molecular weight excluding hydrogens is 400 g/mol. The van der Waals surface area contributed by atoms with E-state index < -0.39 is 12.3 Å². The fourth-order valence-electron chi connectivity index (χ4n) is 9.87. The minimum absolute atomic E-state index is 0.134. The molecular formula is C28H48O4. The lowest BCUT2D eigenvalue weighted by molar-refractivity contribution is -0.194. The van der Waals surface area contributed by atoms with Crippen molar-refractivity contribution in [1.29, 1.82) is 0 Å². The molecule has 184 valence electrons. The molecule has 0 radical (unpaired) electrons. The third-order valence-corrected chi connectivity index (χ3v) is 11.3. The van der Waals surface area contributed by atoms with Crippen molar-refractivity contribution in [3.8, 4) is 0 Å². The van der Waals surface area contributed by atoms with E-state index in [1.54, 1.807) is 0 Å². The van der Waals surface area contributed by atoms with Gasteiger partial charge in [-0.25, -0.2) is 0 Å². The molecule has 4 saturated carbocycles. The van der Waals surface area contributed by atoms with Crippen LogP contribution in [-0.4, -0.2) is 28.6 Å². The SMILES string of the molecule is CC[C@H]1[C@@H](O)[C@@H]2[C@H](CC[C@]3(C)[C@@H]([C@H](C)CCC(O)OC(C)=O)CC[C@@H]23)[C@@]2(C)CCCC[C@@H]12. The zero-order chi connectivity index (χ0) is 23.3. The molecule has 4 fully saturated rings. The highest BCUT2D eigenvalue weighted by Gasteiger charge is 2.64. The highest BCUT2D eigenvalue weighted by molar-refractivity contribution is 5.65. The van der Waals surface area contributed by atoms with Gasteiger partial charge in [0.1, 0.15) is 0 Å². The molecule has 4 heteroatoms. The molecule has 0 aliphatic heterocycles. The van der Waals surface area contributed by atoms with Gasteiger partial charge in [-0.3, -0.25) is 4.79 Å². The van der Waals surface area contributed by atoms with E-state index in [2.05, 4.69) is 27.7 Å². The average Bonchev–Trinajstić information content (AvgIpc) is 3.09. The molecule has 0 bridgehead atoms. The normalized spacial score (nSPS) is 47.7. The minimum atomic E-state index is -0.982. The van der Waals surface area contributed by atoms with Crippen LogP contribution < -0.4 is 0 Å². The van der Waals surface area contributed by atoms with Crippen LogP contribution in [0.4, 0.5) is 0 Å². The fourth-order valence-corrected chi connectivity index (χ4v) is 9.87. The minimum Gasteiger partial charge on any atom is -0.436 e. The van der Waals surface area contributed by atoms with Crippen molar-refractivity contribution in [3.63, 3.8) is 0 Å². The molecule has 4 aliphatic rings. The van der Waals surface area contributed by atoms with Crippen LogP contribution in [-0.2, 0) is 9.53 Å². The van der Waals surface area contributed by atoms with E-state index in [-0.39, 0.29) is 11.5 Å². The summed E-state index contributed by atoms with van der Waals surface area (Å²) in [4.78, 5) is 11.1.